The van der Waals surface area contributed by atoms with Crippen molar-refractivity contribution in [1.82, 2.24) is 10.2 Å². The summed E-state index contributed by atoms with van der Waals surface area (Å²) in [6, 6.07) is 0.642. The highest BCUT2D eigenvalue weighted by atomic mass is 16.6. The maximum atomic E-state index is 12.1. The number of rotatable bonds is 3. The lowest BCUT2D eigenvalue weighted by molar-refractivity contribution is 0.0265. The Bertz CT molecular complexity index is 449. The molecule has 0 radical (unpaired) electrons. The summed E-state index contributed by atoms with van der Waals surface area (Å²) in [5.41, 5.74) is 1.48. The van der Waals surface area contributed by atoms with Crippen LogP contribution in [-0.2, 0) is 4.74 Å². The van der Waals surface area contributed by atoms with Gasteiger partial charge in [-0.15, -0.1) is 0 Å². The summed E-state index contributed by atoms with van der Waals surface area (Å²) < 4.78 is 5.43. The summed E-state index contributed by atoms with van der Waals surface area (Å²) in [6.07, 6.45) is 8.17. The topological polar surface area (TPSA) is 41.6 Å². The quantitative estimate of drug-likeness (QED) is 0.795. The lowest BCUT2D eigenvalue weighted by Crippen LogP contribution is -2.41. The minimum atomic E-state index is -0.420. The van der Waals surface area contributed by atoms with Crippen LogP contribution in [0.15, 0.2) is 11.6 Å². The van der Waals surface area contributed by atoms with Crippen LogP contribution < -0.4 is 5.32 Å². The summed E-state index contributed by atoms with van der Waals surface area (Å²) >= 11 is 0. The van der Waals surface area contributed by atoms with Gasteiger partial charge in [-0.1, -0.05) is 31.9 Å². The van der Waals surface area contributed by atoms with E-state index in [0.717, 1.165) is 19.5 Å². The van der Waals surface area contributed by atoms with Crippen LogP contribution in [0.25, 0.3) is 0 Å². The van der Waals surface area contributed by atoms with Gasteiger partial charge in [0.25, 0.3) is 0 Å². The highest BCUT2D eigenvalue weighted by Gasteiger charge is 2.28. The van der Waals surface area contributed by atoms with Crippen molar-refractivity contribution in [1.29, 1.82) is 0 Å². The molecule has 1 aliphatic carbocycles. The van der Waals surface area contributed by atoms with Gasteiger partial charge in [-0.05, 0) is 51.9 Å². The van der Waals surface area contributed by atoms with Gasteiger partial charge in [0.15, 0.2) is 0 Å². The molecule has 4 heteroatoms. The average molecular weight is 322 g/mol. The molecule has 1 atom stereocenters. The standard InChI is InChI=1S/C19H34N2O2/c1-18(2,3)23-17(22)21-11-8-15(9-12-21)14-20-16-7-6-10-19(4,5)13-16/h8,16,20H,6-7,9-14H2,1-5H3. The van der Waals surface area contributed by atoms with Crippen LogP contribution in [0.1, 0.15) is 66.7 Å². The number of hydrogen-bond acceptors (Lipinski definition) is 3. The van der Waals surface area contributed by atoms with Crippen molar-refractivity contribution >= 4 is 6.09 Å². The molecule has 1 N–H and O–H groups in total. The smallest absolute Gasteiger partial charge is 0.410 e. The number of carbonyl (C=O) groups excluding carboxylic acids is 1. The highest BCUT2D eigenvalue weighted by molar-refractivity contribution is 5.68. The zero-order chi connectivity index (χ0) is 17.1. The molecule has 2 aliphatic rings. The SMILES string of the molecule is CC1(C)CCCC(NCC2=CCN(C(=O)OC(C)(C)C)CC2)C1. The van der Waals surface area contributed by atoms with Gasteiger partial charge in [0.2, 0.25) is 0 Å². The van der Waals surface area contributed by atoms with Crippen molar-refractivity contribution in [3.8, 4) is 0 Å². The Morgan fingerprint density at radius 3 is 2.74 bits per heavy atom. The first-order valence-electron chi connectivity index (χ1n) is 9.04. The number of nitrogens with one attached hydrogen (secondary N) is 1. The largest absolute Gasteiger partial charge is 0.444 e. The molecular weight excluding hydrogens is 288 g/mol. The van der Waals surface area contributed by atoms with E-state index in [1.165, 1.54) is 31.3 Å². The van der Waals surface area contributed by atoms with Gasteiger partial charge in [-0.25, -0.2) is 4.79 Å². The minimum absolute atomic E-state index is 0.199. The van der Waals surface area contributed by atoms with Crippen LogP contribution in [0.3, 0.4) is 0 Å². The van der Waals surface area contributed by atoms with Gasteiger partial charge in [0.05, 0.1) is 0 Å². The molecule has 0 aromatic rings. The molecule has 23 heavy (non-hydrogen) atoms. The van der Waals surface area contributed by atoms with Crippen LogP contribution >= 0.6 is 0 Å². The molecule has 1 unspecified atom stereocenters. The molecule has 132 valence electrons. The fraction of sp³-hybridized carbons (Fsp3) is 0.842. The monoisotopic (exact) mass is 322 g/mol. The Kier molecular flexibility index (Phi) is 5.77. The zero-order valence-corrected chi connectivity index (χ0v) is 15.6. The maximum Gasteiger partial charge on any atom is 0.410 e. The third kappa shape index (κ3) is 6.17. The third-order valence-electron chi connectivity index (χ3n) is 4.78. The van der Waals surface area contributed by atoms with Gasteiger partial charge in [-0.3, -0.25) is 0 Å². The van der Waals surface area contributed by atoms with Crippen molar-refractivity contribution in [2.45, 2.75) is 78.4 Å². The Labute approximate surface area is 141 Å². The number of ether oxygens (including phenoxy) is 1. The lowest BCUT2D eigenvalue weighted by Gasteiger charge is -2.36. The van der Waals surface area contributed by atoms with Crippen molar-refractivity contribution in [2.24, 2.45) is 5.41 Å². The Morgan fingerprint density at radius 1 is 1.43 bits per heavy atom. The van der Waals surface area contributed by atoms with Gasteiger partial charge >= 0.3 is 6.09 Å². The molecule has 4 nitrogen and oxygen atoms in total. The number of nitrogens with zero attached hydrogens (tertiary/aromatic N) is 1. The van der Waals surface area contributed by atoms with Crippen molar-refractivity contribution < 1.29 is 9.53 Å². The maximum absolute atomic E-state index is 12.1. The fourth-order valence-corrected chi connectivity index (χ4v) is 3.51. The summed E-state index contributed by atoms with van der Waals surface area (Å²) in [5.74, 6) is 0. The van der Waals surface area contributed by atoms with E-state index in [-0.39, 0.29) is 6.09 Å². The van der Waals surface area contributed by atoms with E-state index in [2.05, 4.69) is 25.2 Å². The second kappa shape index (κ2) is 7.25. The van der Waals surface area contributed by atoms with Gasteiger partial charge in [0.1, 0.15) is 5.60 Å². The molecule has 0 saturated heterocycles. The molecule has 1 fully saturated rings. The van der Waals surface area contributed by atoms with E-state index in [9.17, 15) is 4.79 Å². The van der Waals surface area contributed by atoms with E-state index in [1.54, 1.807) is 4.90 Å². The lowest BCUT2D eigenvalue weighted by atomic mass is 9.75. The normalized spacial score (nSPS) is 25.0. The predicted molar refractivity (Wildman–Crippen MR) is 94.5 cm³/mol. The van der Waals surface area contributed by atoms with Crippen molar-refractivity contribution in [3.05, 3.63) is 11.6 Å². The molecule has 1 heterocycles. The van der Waals surface area contributed by atoms with Gasteiger partial charge < -0.3 is 15.0 Å². The average Bonchev–Trinajstić information content (AvgIpc) is 2.43. The van der Waals surface area contributed by atoms with Crippen molar-refractivity contribution in [2.75, 3.05) is 19.6 Å². The van der Waals surface area contributed by atoms with Gasteiger partial charge in [0, 0.05) is 25.7 Å². The first kappa shape index (κ1) is 18.3. The zero-order valence-electron chi connectivity index (χ0n) is 15.6. The number of amides is 1. The summed E-state index contributed by atoms with van der Waals surface area (Å²) in [6.45, 7) is 12.9. The Balaban J connectivity index is 1.75. The summed E-state index contributed by atoms with van der Waals surface area (Å²) in [5, 5.41) is 3.73. The van der Waals surface area contributed by atoms with Crippen LogP contribution in [0, 0.1) is 5.41 Å². The van der Waals surface area contributed by atoms with Crippen LogP contribution in [-0.4, -0.2) is 42.3 Å². The van der Waals surface area contributed by atoms with E-state index < -0.39 is 5.60 Å². The van der Waals surface area contributed by atoms with E-state index in [0.29, 0.717) is 18.0 Å². The second-order valence-electron chi connectivity index (χ2n) is 8.88. The van der Waals surface area contributed by atoms with E-state index >= 15 is 0 Å². The third-order valence-corrected chi connectivity index (χ3v) is 4.78. The summed E-state index contributed by atoms with van der Waals surface area (Å²) in [7, 11) is 0. The Hall–Kier alpha value is -1.03. The molecule has 0 spiro atoms. The molecule has 0 aromatic heterocycles. The predicted octanol–water partition coefficient (Wildman–Crippen LogP) is 4.11. The molecule has 2 rings (SSSR count). The van der Waals surface area contributed by atoms with E-state index in [4.69, 9.17) is 4.74 Å². The highest BCUT2D eigenvalue weighted by Crippen LogP contribution is 2.35. The van der Waals surface area contributed by atoms with Gasteiger partial charge in [-0.2, -0.15) is 0 Å². The van der Waals surface area contributed by atoms with Crippen LogP contribution in [0.5, 0.6) is 0 Å². The summed E-state index contributed by atoms with van der Waals surface area (Å²) in [4.78, 5) is 13.8. The molecule has 0 aromatic carbocycles. The molecule has 1 saturated carbocycles. The van der Waals surface area contributed by atoms with Crippen LogP contribution in [0.4, 0.5) is 4.79 Å². The number of carbonyl (C=O) groups is 1. The molecule has 1 aliphatic heterocycles. The molecule has 0 bridgehead atoms. The van der Waals surface area contributed by atoms with Crippen molar-refractivity contribution in [3.63, 3.8) is 0 Å². The fourth-order valence-electron chi connectivity index (χ4n) is 3.51. The number of hydrogen-bond donors (Lipinski definition) is 1. The first-order valence-corrected chi connectivity index (χ1v) is 9.04. The second-order valence-corrected chi connectivity index (χ2v) is 8.88. The van der Waals surface area contributed by atoms with Crippen LogP contribution in [0.2, 0.25) is 0 Å². The minimum Gasteiger partial charge on any atom is -0.444 e. The first-order chi connectivity index (χ1) is 10.6. The Morgan fingerprint density at radius 2 is 2.17 bits per heavy atom. The molecular formula is C19H34N2O2. The van der Waals surface area contributed by atoms with E-state index in [1.807, 2.05) is 20.8 Å². The molecule has 1 amide bonds.